The Labute approximate surface area is 194 Å². The Balaban J connectivity index is 1.51. The molecule has 3 rings (SSSR count). The third-order valence-electron chi connectivity index (χ3n) is 6.67. The van der Waals surface area contributed by atoms with Crippen LogP contribution in [0.25, 0.3) is 0 Å². The second-order valence-corrected chi connectivity index (χ2v) is 9.37. The Hall–Kier alpha value is -2.37. The van der Waals surface area contributed by atoms with Gasteiger partial charge in [-0.15, -0.1) is 0 Å². The van der Waals surface area contributed by atoms with E-state index in [1.807, 2.05) is 7.05 Å². The van der Waals surface area contributed by atoms with Crippen molar-refractivity contribution in [1.29, 1.82) is 0 Å². The van der Waals surface area contributed by atoms with Crippen LogP contribution in [-0.4, -0.2) is 54.5 Å². The van der Waals surface area contributed by atoms with Gasteiger partial charge >= 0.3 is 0 Å². The Bertz CT molecular complexity index is 848. The van der Waals surface area contributed by atoms with Gasteiger partial charge in [-0.2, -0.15) is 0 Å². The largest absolute Gasteiger partial charge is 0.354 e. The zero-order valence-corrected chi connectivity index (χ0v) is 20.5. The molecule has 1 fully saturated rings. The van der Waals surface area contributed by atoms with E-state index in [9.17, 15) is 0 Å². The van der Waals surface area contributed by atoms with Gasteiger partial charge in [-0.3, -0.25) is 14.8 Å². The van der Waals surface area contributed by atoms with E-state index in [4.69, 9.17) is 0 Å². The fourth-order valence-corrected chi connectivity index (χ4v) is 4.31. The minimum atomic E-state index is 0.450. The number of hydrogen-bond acceptors (Lipinski definition) is 3. The molecule has 32 heavy (non-hydrogen) atoms. The Morgan fingerprint density at radius 1 is 1.09 bits per heavy atom. The van der Waals surface area contributed by atoms with Crippen molar-refractivity contribution in [1.82, 2.24) is 20.4 Å². The van der Waals surface area contributed by atoms with Gasteiger partial charge in [-0.25, -0.2) is 0 Å². The highest BCUT2D eigenvalue weighted by Crippen LogP contribution is 2.20. The molecule has 0 radical (unpaired) electrons. The molecule has 5 heteroatoms. The predicted octanol–water partition coefficient (Wildman–Crippen LogP) is 4.24. The van der Waals surface area contributed by atoms with Crippen molar-refractivity contribution in [2.24, 2.45) is 4.99 Å². The lowest BCUT2D eigenvalue weighted by Gasteiger charge is -2.38. The molecule has 2 unspecified atom stereocenters. The summed E-state index contributed by atoms with van der Waals surface area (Å²) in [5.74, 6) is 0.894. The maximum Gasteiger partial charge on any atom is 0.191 e. The quantitative estimate of drug-likeness (QED) is 0.481. The van der Waals surface area contributed by atoms with Gasteiger partial charge in [-0.05, 0) is 57.4 Å². The molecule has 0 amide bonds. The molecule has 5 nitrogen and oxygen atoms in total. The molecule has 0 aliphatic carbocycles. The van der Waals surface area contributed by atoms with Crippen LogP contribution < -0.4 is 10.6 Å². The van der Waals surface area contributed by atoms with E-state index in [-0.39, 0.29) is 0 Å². The molecule has 2 aromatic rings. The van der Waals surface area contributed by atoms with E-state index in [1.54, 1.807) is 0 Å². The third-order valence-corrected chi connectivity index (χ3v) is 6.67. The van der Waals surface area contributed by atoms with Crippen LogP contribution in [0, 0.1) is 0 Å². The summed E-state index contributed by atoms with van der Waals surface area (Å²) in [5, 5.41) is 7.22. The molecular formula is C27H41N5. The first-order valence-electron chi connectivity index (χ1n) is 12.0. The van der Waals surface area contributed by atoms with Gasteiger partial charge in [0, 0.05) is 51.4 Å². The summed E-state index contributed by atoms with van der Waals surface area (Å²) in [7, 11) is 4.04. The van der Waals surface area contributed by atoms with E-state index < -0.39 is 0 Å². The van der Waals surface area contributed by atoms with E-state index in [1.165, 1.54) is 16.7 Å². The fourth-order valence-electron chi connectivity index (χ4n) is 4.31. The average Bonchev–Trinajstić information content (AvgIpc) is 2.79. The maximum atomic E-state index is 4.50. The average molecular weight is 436 g/mol. The van der Waals surface area contributed by atoms with Crippen LogP contribution in [0.4, 0.5) is 0 Å². The van der Waals surface area contributed by atoms with Crippen molar-refractivity contribution in [2.45, 2.75) is 71.4 Å². The van der Waals surface area contributed by atoms with E-state index >= 15 is 0 Å². The first kappa shape index (κ1) is 24.3. The van der Waals surface area contributed by atoms with Crippen molar-refractivity contribution >= 4 is 5.96 Å². The van der Waals surface area contributed by atoms with Crippen molar-refractivity contribution in [2.75, 3.05) is 20.6 Å². The molecule has 0 spiro atoms. The Morgan fingerprint density at radius 3 is 2.44 bits per heavy atom. The lowest BCUT2D eigenvalue weighted by molar-refractivity contribution is 0.134. The topological polar surface area (TPSA) is 42.9 Å². The first-order chi connectivity index (χ1) is 15.5. The molecule has 1 heterocycles. The summed E-state index contributed by atoms with van der Waals surface area (Å²) < 4.78 is 0. The molecule has 0 aromatic heterocycles. The van der Waals surface area contributed by atoms with Gasteiger partial charge in [0.1, 0.15) is 0 Å². The minimum Gasteiger partial charge on any atom is -0.354 e. The zero-order chi connectivity index (χ0) is 22.9. The number of nitrogens with zero attached hydrogens (tertiary/aromatic N) is 3. The molecule has 1 aliphatic heterocycles. The number of hydrogen-bond donors (Lipinski definition) is 2. The molecule has 2 atom stereocenters. The maximum absolute atomic E-state index is 4.50. The van der Waals surface area contributed by atoms with Crippen LogP contribution in [-0.2, 0) is 19.6 Å². The lowest BCUT2D eigenvalue weighted by Crippen LogP contribution is -2.51. The SMILES string of the molecule is CN=C(NCc1ccccc1CN(C)C(C)C)NC1CCN(Cc2ccccc2)C(C)C1. The molecule has 2 N–H and O–H groups in total. The third kappa shape index (κ3) is 7.07. The molecule has 2 aromatic carbocycles. The highest BCUT2D eigenvalue weighted by Gasteiger charge is 2.26. The van der Waals surface area contributed by atoms with Gasteiger partial charge in [0.05, 0.1) is 0 Å². The highest BCUT2D eigenvalue weighted by molar-refractivity contribution is 5.80. The normalized spacial score (nSPS) is 20.0. The number of guanidine groups is 1. The smallest absolute Gasteiger partial charge is 0.191 e. The summed E-state index contributed by atoms with van der Waals surface area (Å²) in [6.45, 7) is 10.7. The number of piperidine rings is 1. The molecule has 0 bridgehead atoms. The van der Waals surface area contributed by atoms with Crippen molar-refractivity contribution in [3.05, 3.63) is 71.3 Å². The minimum absolute atomic E-state index is 0.450. The number of rotatable bonds is 8. The van der Waals surface area contributed by atoms with Gasteiger partial charge in [-0.1, -0.05) is 54.6 Å². The monoisotopic (exact) mass is 435 g/mol. The number of likely N-dealkylation sites (tertiary alicyclic amines) is 1. The van der Waals surface area contributed by atoms with Gasteiger partial charge < -0.3 is 10.6 Å². The van der Waals surface area contributed by atoms with Crippen molar-refractivity contribution < 1.29 is 0 Å². The second kappa shape index (κ2) is 12.0. The summed E-state index contributed by atoms with van der Waals surface area (Å²) in [6.07, 6.45) is 2.26. The van der Waals surface area contributed by atoms with Crippen LogP contribution in [0.1, 0.15) is 50.3 Å². The Morgan fingerprint density at radius 2 is 1.78 bits per heavy atom. The van der Waals surface area contributed by atoms with Crippen LogP contribution in [0.5, 0.6) is 0 Å². The predicted molar refractivity (Wildman–Crippen MR) is 136 cm³/mol. The second-order valence-electron chi connectivity index (χ2n) is 9.37. The van der Waals surface area contributed by atoms with Gasteiger partial charge in [0.25, 0.3) is 0 Å². The lowest BCUT2D eigenvalue weighted by atomic mass is 9.97. The van der Waals surface area contributed by atoms with Crippen molar-refractivity contribution in [3.63, 3.8) is 0 Å². The fraction of sp³-hybridized carbons (Fsp3) is 0.519. The van der Waals surface area contributed by atoms with E-state index in [0.717, 1.165) is 45.0 Å². The Kier molecular flexibility index (Phi) is 9.12. The molecule has 0 saturated carbocycles. The highest BCUT2D eigenvalue weighted by atomic mass is 15.2. The zero-order valence-electron chi connectivity index (χ0n) is 20.5. The summed E-state index contributed by atoms with van der Waals surface area (Å²) in [4.78, 5) is 9.46. The molecule has 1 aliphatic rings. The van der Waals surface area contributed by atoms with Crippen LogP contribution >= 0.6 is 0 Å². The van der Waals surface area contributed by atoms with E-state index in [2.05, 4.69) is 108 Å². The summed E-state index contributed by atoms with van der Waals surface area (Å²) in [5.41, 5.74) is 4.09. The molecule has 174 valence electrons. The number of nitrogens with one attached hydrogen (secondary N) is 2. The summed E-state index contributed by atoms with van der Waals surface area (Å²) >= 11 is 0. The standard InChI is InChI=1S/C27H41N5/c1-21(2)31(5)20-25-14-10-9-13-24(25)18-29-27(28-4)30-26-15-16-32(22(3)17-26)19-23-11-7-6-8-12-23/h6-14,21-22,26H,15-20H2,1-5H3,(H2,28,29,30). The van der Waals surface area contributed by atoms with E-state index in [0.29, 0.717) is 18.1 Å². The van der Waals surface area contributed by atoms with Crippen LogP contribution in [0.2, 0.25) is 0 Å². The van der Waals surface area contributed by atoms with Crippen LogP contribution in [0.3, 0.4) is 0 Å². The van der Waals surface area contributed by atoms with Gasteiger partial charge in [0.15, 0.2) is 5.96 Å². The van der Waals surface area contributed by atoms with Crippen LogP contribution in [0.15, 0.2) is 59.6 Å². The van der Waals surface area contributed by atoms with Gasteiger partial charge in [0.2, 0.25) is 0 Å². The first-order valence-corrected chi connectivity index (χ1v) is 12.0. The molecule has 1 saturated heterocycles. The molecular weight excluding hydrogens is 394 g/mol. The summed E-state index contributed by atoms with van der Waals surface area (Å²) in [6, 6.07) is 21.0. The van der Waals surface area contributed by atoms with Crippen molar-refractivity contribution in [3.8, 4) is 0 Å². The number of benzene rings is 2. The number of aliphatic imine (C=N–C) groups is 1.